The Morgan fingerprint density at radius 2 is 1.91 bits per heavy atom. The molecule has 32 heavy (non-hydrogen) atoms. The molecule has 0 spiro atoms. The molecule has 8 heteroatoms. The number of nitrogens with one attached hydrogen (secondary N) is 1. The predicted molar refractivity (Wildman–Crippen MR) is 129 cm³/mol. The maximum absolute atomic E-state index is 13.5. The van der Waals surface area contributed by atoms with Gasteiger partial charge in [-0.3, -0.25) is 19.0 Å². The molecule has 1 amide bonds. The summed E-state index contributed by atoms with van der Waals surface area (Å²) >= 11 is 1.44. The number of likely N-dealkylation sites (tertiary alicyclic amines) is 1. The van der Waals surface area contributed by atoms with E-state index in [1.54, 1.807) is 18.4 Å². The number of carboxylic acid groups (broad SMARTS) is 1. The van der Waals surface area contributed by atoms with Crippen molar-refractivity contribution in [3.8, 4) is 0 Å². The van der Waals surface area contributed by atoms with Crippen LogP contribution in [0, 0.1) is 5.41 Å². The highest BCUT2D eigenvalue weighted by Crippen LogP contribution is 2.32. The Kier molecular flexibility index (Phi) is 7.77. The van der Waals surface area contributed by atoms with Gasteiger partial charge in [0.05, 0.1) is 5.41 Å². The zero-order valence-electron chi connectivity index (χ0n) is 19.6. The van der Waals surface area contributed by atoms with Crippen LogP contribution in [0.1, 0.15) is 75.3 Å². The fourth-order valence-electron chi connectivity index (χ4n) is 4.37. The summed E-state index contributed by atoms with van der Waals surface area (Å²) < 4.78 is 1.65. The maximum atomic E-state index is 13.5. The Hall–Kier alpha value is -2.19. The number of aromatic nitrogens is 1. The highest BCUT2D eigenvalue weighted by molar-refractivity contribution is 7.16. The molecule has 0 bridgehead atoms. The summed E-state index contributed by atoms with van der Waals surface area (Å²) in [5.74, 6) is -1.37. The minimum atomic E-state index is -1.10. The summed E-state index contributed by atoms with van der Waals surface area (Å²) in [7, 11) is 0. The second-order valence-electron chi connectivity index (χ2n) is 9.64. The maximum Gasteiger partial charge on any atom is 0.309 e. The topological polar surface area (TPSA) is 91.6 Å². The molecule has 0 atom stereocenters. The molecular weight excluding hydrogens is 426 g/mol. The number of hydrogen-bond donors (Lipinski definition) is 2. The Labute approximate surface area is 193 Å². The van der Waals surface area contributed by atoms with Crippen molar-refractivity contribution >= 4 is 33.4 Å². The van der Waals surface area contributed by atoms with Crippen LogP contribution in [0.3, 0.4) is 0 Å². The third kappa shape index (κ3) is 5.23. The van der Waals surface area contributed by atoms with Crippen molar-refractivity contribution in [1.29, 1.82) is 0 Å². The molecule has 1 aliphatic heterocycles. The monoisotopic (exact) mass is 461 g/mol. The number of carbonyl (C=O) groups is 2. The molecule has 1 aliphatic rings. The normalized spacial score (nSPS) is 15.4. The Morgan fingerprint density at radius 3 is 2.53 bits per heavy atom. The van der Waals surface area contributed by atoms with E-state index in [-0.39, 0.29) is 23.6 Å². The SMILES string of the molecule is CC(C)n1c(=O)c(C(=O)NCCCN2CCCCC2)c(CC(C)(C)C(=O)O)c2ccsc21. The number of thiophene rings is 1. The molecule has 0 radical (unpaired) electrons. The Morgan fingerprint density at radius 1 is 1.22 bits per heavy atom. The van der Waals surface area contributed by atoms with Gasteiger partial charge in [-0.05, 0) is 90.0 Å². The van der Waals surface area contributed by atoms with Crippen LogP contribution in [0.15, 0.2) is 16.2 Å². The molecular formula is C24H35N3O4S. The number of rotatable bonds is 9. The van der Waals surface area contributed by atoms with Gasteiger partial charge >= 0.3 is 5.97 Å². The van der Waals surface area contributed by atoms with Gasteiger partial charge in [0, 0.05) is 18.0 Å². The number of nitrogens with zero attached hydrogens (tertiary/aromatic N) is 2. The van der Waals surface area contributed by atoms with E-state index >= 15 is 0 Å². The number of hydrogen-bond acceptors (Lipinski definition) is 5. The molecule has 2 N–H and O–H groups in total. The van der Waals surface area contributed by atoms with Crippen LogP contribution in [-0.2, 0) is 11.2 Å². The zero-order valence-corrected chi connectivity index (χ0v) is 20.4. The average Bonchev–Trinajstić information content (AvgIpc) is 3.20. The van der Waals surface area contributed by atoms with Crippen molar-refractivity contribution in [3.05, 3.63) is 32.9 Å². The lowest BCUT2D eigenvalue weighted by Crippen LogP contribution is -2.38. The van der Waals surface area contributed by atoms with Gasteiger partial charge in [0.2, 0.25) is 0 Å². The average molecular weight is 462 g/mol. The van der Waals surface area contributed by atoms with Crippen molar-refractivity contribution in [1.82, 2.24) is 14.8 Å². The first kappa shape index (κ1) is 24.5. The molecule has 0 aromatic carbocycles. The van der Waals surface area contributed by atoms with Gasteiger partial charge in [0.15, 0.2) is 0 Å². The molecule has 0 aliphatic carbocycles. The van der Waals surface area contributed by atoms with Crippen LogP contribution in [0.4, 0.5) is 0 Å². The van der Waals surface area contributed by atoms with Crippen LogP contribution >= 0.6 is 11.3 Å². The fourth-order valence-corrected chi connectivity index (χ4v) is 5.43. The third-order valence-electron chi connectivity index (χ3n) is 6.25. The lowest BCUT2D eigenvalue weighted by Gasteiger charge is -2.26. The summed E-state index contributed by atoms with van der Waals surface area (Å²) in [6, 6.07) is 1.77. The van der Waals surface area contributed by atoms with Gasteiger partial charge in [-0.25, -0.2) is 0 Å². The van der Waals surface area contributed by atoms with Gasteiger partial charge in [-0.15, -0.1) is 11.3 Å². The lowest BCUT2D eigenvalue weighted by molar-refractivity contribution is -0.146. The number of carbonyl (C=O) groups excluding carboxylic acids is 1. The molecule has 7 nitrogen and oxygen atoms in total. The number of carboxylic acids is 1. The van der Waals surface area contributed by atoms with Crippen LogP contribution < -0.4 is 10.9 Å². The summed E-state index contributed by atoms with van der Waals surface area (Å²) in [4.78, 5) is 41.7. The van der Waals surface area contributed by atoms with Gasteiger partial charge in [0.1, 0.15) is 10.4 Å². The summed E-state index contributed by atoms with van der Waals surface area (Å²) in [5, 5.41) is 15.3. The van der Waals surface area contributed by atoms with E-state index in [0.717, 1.165) is 36.3 Å². The highest BCUT2D eigenvalue weighted by Gasteiger charge is 2.33. The molecule has 0 saturated carbocycles. The van der Waals surface area contributed by atoms with E-state index in [0.29, 0.717) is 12.1 Å². The first-order chi connectivity index (χ1) is 15.1. The number of pyridine rings is 1. The predicted octanol–water partition coefficient (Wildman–Crippen LogP) is 3.90. The minimum absolute atomic E-state index is 0.0805. The largest absolute Gasteiger partial charge is 0.481 e. The molecule has 3 rings (SSSR count). The summed E-state index contributed by atoms with van der Waals surface area (Å²) in [6.45, 7) is 10.7. The first-order valence-corrected chi connectivity index (χ1v) is 12.4. The second-order valence-corrected chi connectivity index (χ2v) is 10.5. The van der Waals surface area contributed by atoms with Crippen LogP contribution in [0.5, 0.6) is 0 Å². The van der Waals surface area contributed by atoms with Crippen molar-refractivity contribution in [2.45, 2.75) is 65.8 Å². The minimum Gasteiger partial charge on any atom is -0.481 e. The quantitative estimate of drug-likeness (QED) is 0.553. The van der Waals surface area contributed by atoms with Crippen LogP contribution in [0.25, 0.3) is 10.2 Å². The van der Waals surface area contributed by atoms with Crippen LogP contribution in [0.2, 0.25) is 0 Å². The Balaban J connectivity index is 1.91. The number of piperidine rings is 1. The molecule has 3 heterocycles. The standard InChI is InChI=1S/C24H35N3O4S/c1-16(2)27-21(29)19(20(28)25-10-8-13-26-11-6-5-7-12-26)18(15-24(3,4)23(30)31)17-9-14-32-22(17)27/h9,14,16H,5-8,10-13,15H2,1-4H3,(H,25,28)(H,30,31). The van der Waals surface area contributed by atoms with E-state index in [4.69, 9.17) is 0 Å². The van der Waals surface area contributed by atoms with Gasteiger partial charge in [0.25, 0.3) is 11.5 Å². The summed E-state index contributed by atoms with van der Waals surface area (Å²) in [5.41, 5.74) is -0.838. The number of aliphatic carboxylic acids is 1. The fraction of sp³-hybridized carbons (Fsp3) is 0.625. The molecule has 1 fully saturated rings. The summed E-state index contributed by atoms with van der Waals surface area (Å²) in [6.07, 6.45) is 4.67. The molecule has 2 aromatic heterocycles. The second kappa shape index (κ2) is 10.2. The van der Waals surface area contributed by atoms with E-state index in [1.165, 1.54) is 30.6 Å². The van der Waals surface area contributed by atoms with E-state index in [1.807, 2.05) is 25.3 Å². The van der Waals surface area contributed by atoms with Gasteiger partial charge in [-0.2, -0.15) is 0 Å². The molecule has 176 valence electrons. The Bertz CT molecular complexity index is 1030. The zero-order chi connectivity index (χ0) is 23.5. The van der Waals surface area contributed by atoms with Crippen molar-refractivity contribution in [3.63, 3.8) is 0 Å². The molecule has 2 aromatic rings. The molecule has 1 saturated heterocycles. The van der Waals surface area contributed by atoms with Crippen molar-refractivity contribution < 1.29 is 14.7 Å². The van der Waals surface area contributed by atoms with E-state index < -0.39 is 17.3 Å². The number of amides is 1. The lowest BCUT2D eigenvalue weighted by atomic mass is 9.83. The van der Waals surface area contributed by atoms with E-state index in [2.05, 4.69) is 10.2 Å². The van der Waals surface area contributed by atoms with E-state index in [9.17, 15) is 19.5 Å². The third-order valence-corrected chi connectivity index (χ3v) is 7.16. The highest BCUT2D eigenvalue weighted by atomic mass is 32.1. The van der Waals surface area contributed by atoms with Gasteiger partial charge in [-0.1, -0.05) is 6.42 Å². The van der Waals surface area contributed by atoms with Crippen molar-refractivity contribution in [2.24, 2.45) is 5.41 Å². The smallest absolute Gasteiger partial charge is 0.309 e. The molecule has 0 unspecified atom stereocenters. The van der Waals surface area contributed by atoms with Crippen molar-refractivity contribution in [2.75, 3.05) is 26.2 Å². The van der Waals surface area contributed by atoms with Crippen LogP contribution in [-0.4, -0.2) is 52.6 Å². The van der Waals surface area contributed by atoms with Gasteiger partial charge < -0.3 is 15.3 Å². The first-order valence-electron chi connectivity index (χ1n) is 11.5. The number of fused-ring (bicyclic) bond motifs is 1.